The maximum atomic E-state index is 12.9. The fourth-order valence-electron chi connectivity index (χ4n) is 1.84. The van der Waals surface area contributed by atoms with Gasteiger partial charge in [-0.05, 0) is 12.5 Å². The summed E-state index contributed by atoms with van der Waals surface area (Å²) in [7, 11) is 1.67. The number of likely N-dealkylation sites (N-methyl/N-ethyl adjacent to an activating group) is 1. The maximum Gasteiger partial charge on any atom is 0.339 e. The highest BCUT2D eigenvalue weighted by Crippen LogP contribution is 2.18. The van der Waals surface area contributed by atoms with Crippen LogP contribution in [0.3, 0.4) is 0 Å². The number of amides is 1. The van der Waals surface area contributed by atoms with Crippen molar-refractivity contribution in [2.75, 3.05) is 18.9 Å². The summed E-state index contributed by atoms with van der Waals surface area (Å²) in [6, 6.07) is 0.368. The second kappa shape index (κ2) is 4.59. The number of carbonyl (C=O) groups is 2. The molecule has 1 atom stereocenters. The second-order valence-electron chi connectivity index (χ2n) is 4.10. The third-order valence-electron chi connectivity index (χ3n) is 2.82. The number of nitrogens with one attached hydrogen (secondary N) is 1. The van der Waals surface area contributed by atoms with Crippen molar-refractivity contribution in [3.05, 3.63) is 23.6 Å². The summed E-state index contributed by atoms with van der Waals surface area (Å²) in [4.78, 5) is 27.9. The fraction of sp³-hybridized carbons (Fsp3) is 0.364. The summed E-state index contributed by atoms with van der Waals surface area (Å²) >= 11 is 0. The first kappa shape index (κ1) is 12.3. The maximum absolute atomic E-state index is 12.9. The molecular formula is C11H12FN3O3. The zero-order valence-corrected chi connectivity index (χ0v) is 9.68. The first-order chi connectivity index (χ1) is 8.49. The van der Waals surface area contributed by atoms with Gasteiger partial charge < -0.3 is 15.3 Å². The third kappa shape index (κ3) is 2.24. The molecule has 1 aromatic rings. The number of halogens is 1. The van der Waals surface area contributed by atoms with Crippen molar-refractivity contribution in [2.45, 2.75) is 12.5 Å². The molecule has 1 aromatic heterocycles. The molecule has 2 N–H and O–H groups in total. The molecule has 1 aliphatic heterocycles. The standard InChI is InChI=1S/C11H12FN3O3/c1-15-3-2-8(10(15)16)14-9-7(11(17)18)4-6(12)5-13-9/h4-5,8H,2-3H2,1H3,(H,13,14)(H,17,18). The Labute approximate surface area is 102 Å². The lowest BCUT2D eigenvalue weighted by Crippen LogP contribution is -2.31. The molecule has 0 aliphatic carbocycles. The average Bonchev–Trinajstić information content (AvgIpc) is 2.63. The van der Waals surface area contributed by atoms with Crippen LogP contribution in [0.25, 0.3) is 0 Å². The summed E-state index contributed by atoms with van der Waals surface area (Å²) in [6.07, 6.45) is 1.48. The fourth-order valence-corrected chi connectivity index (χ4v) is 1.84. The van der Waals surface area contributed by atoms with Gasteiger partial charge >= 0.3 is 5.97 Å². The molecular weight excluding hydrogens is 241 g/mol. The molecule has 0 spiro atoms. The summed E-state index contributed by atoms with van der Waals surface area (Å²) in [6.45, 7) is 0.597. The van der Waals surface area contributed by atoms with Crippen molar-refractivity contribution in [1.82, 2.24) is 9.88 Å². The smallest absolute Gasteiger partial charge is 0.339 e. The molecule has 1 saturated heterocycles. The normalized spacial score (nSPS) is 19.1. The predicted molar refractivity (Wildman–Crippen MR) is 60.8 cm³/mol. The molecule has 0 radical (unpaired) electrons. The molecule has 7 heteroatoms. The first-order valence-electron chi connectivity index (χ1n) is 5.39. The van der Waals surface area contributed by atoms with E-state index in [-0.39, 0.29) is 17.3 Å². The molecule has 1 unspecified atom stereocenters. The number of aromatic carboxylic acids is 1. The Hall–Kier alpha value is -2.18. The van der Waals surface area contributed by atoms with Crippen molar-refractivity contribution in [2.24, 2.45) is 0 Å². The Bertz CT molecular complexity index is 506. The lowest BCUT2D eigenvalue weighted by molar-refractivity contribution is -0.127. The number of aromatic nitrogens is 1. The van der Waals surface area contributed by atoms with Crippen molar-refractivity contribution in [3.8, 4) is 0 Å². The van der Waals surface area contributed by atoms with Crippen molar-refractivity contribution < 1.29 is 19.1 Å². The Balaban J connectivity index is 2.24. The number of likely N-dealkylation sites (tertiary alicyclic amines) is 1. The number of carbonyl (C=O) groups excluding carboxylic acids is 1. The Morgan fingerprint density at radius 1 is 1.67 bits per heavy atom. The Morgan fingerprint density at radius 2 is 2.39 bits per heavy atom. The lowest BCUT2D eigenvalue weighted by atomic mass is 10.2. The molecule has 1 aliphatic rings. The van der Waals surface area contributed by atoms with E-state index in [1.54, 1.807) is 11.9 Å². The molecule has 1 fully saturated rings. The van der Waals surface area contributed by atoms with Crippen LogP contribution in [0.5, 0.6) is 0 Å². The van der Waals surface area contributed by atoms with Gasteiger partial charge in [0.05, 0.1) is 6.20 Å². The van der Waals surface area contributed by atoms with Crippen LogP contribution in [0.15, 0.2) is 12.3 Å². The predicted octanol–water partition coefficient (Wildman–Crippen LogP) is 0.561. The second-order valence-corrected chi connectivity index (χ2v) is 4.10. The SMILES string of the molecule is CN1CCC(Nc2ncc(F)cc2C(=O)O)C1=O. The van der Waals surface area contributed by atoms with Crippen LogP contribution in [-0.2, 0) is 4.79 Å². The molecule has 96 valence electrons. The highest BCUT2D eigenvalue weighted by atomic mass is 19.1. The van der Waals surface area contributed by atoms with Gasteiger partial charge in [0.1, 0.15) is 23.2 Å². The minimum Gasteiger partial charge on any atom is -0.478 e. The molecule has 0 bridgehead atoms. The first-order valence-corrected chi connectivity index (χ1v) is 5.39. The van der Waals surface area contributed by atoms with Gasteiger partial charge in [-0.1, -0.05) is 0 Å². The van der Waals surface area contributed by atoms with E-state index in [1.165, 1.54) is 0 Å². The van der Waals surface area contributed by atoms with Crippen molar-refractivity contribution in [3.63, 3.8) is 0 Å². The molecule has 2 rings (SSSR count). The van der Waals surface area contributed by atoms with Crippen LogP contribution in [0.4, 0.5) is 10.2 Å². The van der Waals surface area contributed by atoms with Gasteiger partial charge in [0.2, 0.25) is 5.91 Å². The summed E-state index contributed by atoms with van der Waals surface area (Å²) < 4.78 is 12.9. The zero-order chi connectivity index (χ0) is 13.3. The third-order valence-corrected chi connectivity index (χ3v) is 2.82. The Morgan fingerprint density at radius 3 is 2.94 bits per heavy atom. The van der Waals surface area contributed by atoms with Crippen LogP contribution in [-0.4, -0.2) is 46.5 Å². The van der Waals surface area contributed by atoms with E-state index in [0.717, 1.165) is 12.3 Å². The summed E-state index contributed by atoms with van der Waals surface area (Å²) in [5.74, 6) is -2.13. The highest BCUT2D eigenvalue weighted by Gasteiger charge is 2.30. The minimum absolute atomic E-state index is 0.0116. The monoisotopic (exact) mass is 253 g/mol. The van der Waals surface area contributed by atoms with Crippen LogP contribution in [0.1, 0.15) is 16.8 Å². The molecule has 0 saturated carbocycles. The van der Waals surface area contributed by atoms with Gasteiger partial charge in [-0.15, -0.1) is 0 Å². The van der Waals surface area contributed by atoms with E-state index >= 15 is 0 Å². The van der Waals surface area contributed by atoms with E-state index in [4.69, 9.17) is 5.11 Å². The van der Waals surface area contributed by atoms with Crippen molar-refractivity contribution >= 4 is 17.7 Å². The number of carboxylic acid groups (broad SMARTS) is 1. The van der Waals surface area contributed by atoms with E-state index in [2.05, 4.69) is 10.3 Å². The average molecular weight is 253 g/mol. The van der Waals surface area contributed by atoms with Crippen LogP contribution in [0.2, 0.25) is 0 Å². The van der Waals surface area contributed by atoms with Gasteiger partial charge in [0.25, 0.3) is 0 Å². The molecule has 2 heterocycles. The van der Waals surface area contributed by atoms with E-state index < -0.39 is 17.8 Å². The van der Waals surface area contributed by atoms with Crippen molar-refractivity contribution in [1.29, 1.82) is 0 Å². The van der Waals surface area contributed by atoms with E-state index in [9.17, 15) is 14.0 Å². The zero-order valence-electron chi connectivity index (χ0n) is 9.68. The largest absolute Gasteiger partial charge is 0.478 e. The van der Waals surface area contributed by atoms with Gasteiger partial charge in [-0.2, -0.15) is 0 Å². The number of pyridine rings is 1. The number of anilines is 1. The minimum atomic E-state index is -1.29. The molecule has 6 nitrogen and oxygen atoms in total. The van der Waals surface area contributed by atoms with Crippen LogP contribution >= 0.6 is 0 Å². The number of nitrogens with zero attached hydrogens (tertiary/aromatic N) is 2. The summed E-state index contributed by atoms with van der Waals surface area (Å²) in [5.41, 5.74) is -0.280. The lowest BCUT2D eigenvalue weighted by Gasteiger charge is -2.14. The van der Waals surface area contributed by atoms with E-state index in [1.807, 2.05) is 0 Å². The molecule has 18 heavy (non-hydrogen) atoms. The topological polar surface area (TPSA) is 82.5 Å². The van der Waals surface area contributed by atoms with Gasteiger partial charge in [-0.25, -0.2) is 14.2 Å². The van der Waals surface area contributed by atoms with Gasteiger partial charge in [0.15, 0.2) is 0 Å². The Kier molecular flexibility index (Phi) is 3.14. The van der Waals surface area contributed by atoms with Gasteiger partial charge in [-0.3, -0.25) is 4.79 Å². The number of rotatable bonds is 3. The number of hydrogen-bond donors (Lipinski definition) is 2. The quantitative estimate of drug-likeness (QED) is 0.822. The summed E-state index contributed by atoms with van der Waals surface area (Å²) in [5, 5.41) is 11.7. The van der Waals surface area contributed by atoms with Crippen LogP contribution in [0, 0.1) is 5.82 Å². The number of hydrogen-bond acceptors (Lipinski definition) is 4. The highest BCUT2D eigenvalue weighted by molar-refractivity contribution is 5.94. The molecule has 0 aromatic carbocycles. The van der Waals surface area contributed by atoms with Crippen LogP contribution < -0.4 is 5.32 Å². The van der Waals surface area contributed by atoms with Gasteiger partial charge in [0, 0.05) is 13.6 Å². The number of carboxylic acids is 1. The van der Waals surface area contributed by atoms with E-state index in [0.29, 0.717) is 13.0 Å². The molecule has 1 amide bonds.